The smallest absolute Gasteiger partial charge is 0.313 e. The predicted molar refractivity (Wildman–Crippen MR) is 89.9 cm³/mol. The number of hydrogen-bond donors (Lipinski definition) is 2. The monoisotopic (exact) mass is 314 g/mol. The van der Waals surface area contributed by atoms with E-state index in [4.69, 9.17) is 0 Å². The molecule has 2 aromatic carbocycles. The standard InChI is InChI=1S/C17H18N2O2S/c1-12(13-7-4-3-5-8-13)18-16(20)17(21)19-14-9-6-10-15(11-14)22-2/h3-12H,1-2H3,(H,18,20)(H,19,21). The van der Waals surface area contributed by atoms with E-state index in [0.717, 1.165) is 10.5 Å². The van der Waals surface area contributed by atoms with Gasteiger partial charge < -0.3 is 10.6 Å². The van der Waals surface area contributed by atoms with Crippen LogP contribution >= 0.6 is 11.8 Å². The van der Waals surface area contributed by atoms with Gasteiger partial charge in [0, 0.05) is 10.6 Å². The third-order valence-corrected chi connectivity index (χ3v) is 3.91. The molecule has 0 saturated carbocycles. The summed E-state index contributed by atoms with van der Waals surface area (Å²) < 4.78 is 0. The molecule has 2 aromatic rings. The summed E-state index contributed by atoms with van der Waals surface area (Å²) in [6, 6.07) is 16.7. The lowest BCUT2D eigenvalue weighted by Gasteiger charge is -2.14. The summed E-state index contributed by atoms with van der Waals surface area (Å²) in [5, 5.41) is 5.30. The van der Waals surface area contributed by atoms with E-state index in [1.807, 2.05) is 61.7 Å². The lowest BCUT2D eigenvalue weighted by molar-refractivity contribution is -0.136. The average molecular weight is 314 g/mol. The van der Waals surface area contributed by atoms with E-state index in [0.29, 0.717) is 5.69 Å². The average Bonchev–Trinajstić information content (AvgIpc) is 2.55. The Kier molecular flexibility index (Phi) is 5.61. The molecule has 114 valence electrons. The molecule has 22 heavy (non-hydrogen) atoms. The van der Waals surface area contributed by atoms with E-state index in [1.165, 1.54) is 0 Å². The molecular weight excluding hydrogens is 296 g/mol. The van der Waals surface area contributed by atoms with Crippen LogP contribution in [0.15, 0.2) is 59.5 Å². The summed E-state index contributed by atoms with van der Waals surface area (Å²) in [5.74, 6) is -1.31. The van der Waals surface area contributed by atoms with Crippen LogP contribution in [0.5, 0.6) is 0 Å². The number of nitrogens with one attached hydrogen (secondary N) is 2. The number of thioether (sulfide) groups is 1. The molecule has 0 aliphatic rings. The normalized spacial score (nSPS) is 11.5. The zero-order valence-corrected chi connectivity index (χ0v) is 13.3. The van der Waals surface area contributed by atoms with E-state index in [9.17, 15) is 9.59 Å². The van der Waals surface area contributed by atoms with Gasteiger partial charge in [0.1, 0.15) is 0 Å². The molecule has 0 fully saturated rings. The Hall–Kier alpha value is -2.27. The molecule has 0 bridgehead atoms. The van der Waals surface area contributed by atoms with Crippen molar-refractivity contribution in [2.75, 3.05) is 11.6 Å². The van der Waals surface area contributed by atoms with Crippen molar-refractivity contribution in [2.24, 2.45) is 0 Å². The third kappa shape index (κ3) is 4.36. The Morgan fingerprint density at radius 3 is 2.41 bits per heavy atom. The van der Waals surface area contributed by atoms with E-state index < -0.39 is 11.8 Å². The van der Waals surface area contributed by atoms with Crippen LogP contribution in [0.25, 0.3) is 0 Å². The van der Waals surface area contributed by atoms with Gasteiger partial charge >= 0.3 is 11.8 Å². The molecule has 0 aromatic heterocycles. The molecule has 0 heterocycles. The lowest BCUT2D eigenvalue weighted by atomic mass is 10.1. The molecule has 2 amide bonds. The fourth-order valence-electron chi connectivity index (χ4n) is 1.98. The maximum atomic E-state index is 12.0. The maximum absolute atomic E-state index is 12.0. The van der Waals surface area contributed by atoms with Gasteiger partial charge in [0.15, 0.2) is 0 Å². The summed E-state index contributed by atoms with van der Waals surface area (Å²) in [6.07, 6.45) is 1.95. The zero-order valence-electron chi connectivity index (χ0n) is 12.5. The van der Waals surface area contributed by atoms with E-state index >= 15 is 0 Å². The van der Waals surface area contributed by atoms with Crippen molar-refractivity contribution in [3.8, 4) is 0 Å². The van der Waals surface area contributed by atoms with Crippen LogP contribution < -0.4 is 10.6 Å². The van der Waals surface area contributed by atoms with Crippen LogP contribution in [0.4, 0.5) is 5.69 Å². The first kappa shape index (κ1) is 16.1. The van der Waals surface area contributed by atoms with Crippen molar-refractivity contribution in [1.82, 2.24) is 5.32 Å². The van der Waals surface area contributed by atoms with Crippen LogP contribution in [0, 0.1) is 0 Å². The molecule has 0 aliphatic heterocycles. The van der Waals surface area contributed by atoms with Gasteiger partial charge in [-0.05, 0) is 36.9 Å². The van der Waals surface area contributed by atoms with Crippen molar-refractivity contribution in [1.29, 1.82) is 0 Å². The SMILES string of the molecule is CSc1cccc(NC(=O)C(=O)NC(C)c2ccccc2)c1. The highest BCUT2D eigenvalue weighted by molar-refractivity contribution is 7.98. The quantitative estimate of drug-likeness (QED) is 0.673. The van der Waals surface area contributed by atoms with Gasteiger partial charge in [0.05, 0.1) is 6.04 Å². The summed E-state index contributed by atoms with van der Waals surface area (Å²) in [5.41, 5.74) is 1.56. The van der Waals surface area contributed by atoms with Crippen LogP contribution in [-0.2, 0) is 9.59 Å². The fourth-order valence-corrected chi connectivity index (χ4v) is 2.44. The molecule has 0 spiro atoms. The molecule has 0 saturated heterocycles. The molecule has 0 radical (unpaired) electrons. The van der Waals surface area contributed by atoms with Gasteiger partial charge in [-0.1, -0.05) is 36.4 Å². The van der Waals surface area contributed by atoms with Gasteiger partial charge in [-0.2, -0.15) is 0 Å². The molecular formula is C17H18N2O2S. The topological polar surface area (TPSA) is 58.2 Å². The fraction of sp³-hybridized carbons (Fsp3) is 0.176. The van der Waals surface area contributed by atoms with Crippen LogP contribution in [0.1, 0.15) is 18.5 Å². The number of hydrogen-bond acceptors (Lipinski definition) is 3. The van der Waals surface area contributed by atoms with Crippen molar-refractivity contribution in [3.05, 3.63) is 60.2 Å². The van der Waals surface area contributed by atoms with Crippen LogP contribution in [0.3, 0.4) is 0 Å². The van der Waals surface area contributed by atoms with Crippen molar-refractivity contribution in [3.63, 3.8) is 0 Å². The highest BCUT2D eigenvalue weighted by atomic mass is 32.2. The van der Waals surface area contributed by atoms with Gasteiger partial charge in [-0.15, -0.1) is 11.8 Å². The molecule has 2 N–H and O–H groups in total. The van der Waals surface area contributed by atoms with Gasteiger partial charge in [0.2, 0.25) is 0 Å². The number of carbonyl (C=O) groups excluding carboxylic acids is 2. The Balaban J connectivity index is 1.96. The number of benzene rings is 2. The Morgan fingerprint density at radius 2 is 1.73 bits per heavy atom. The largest absolute Gasteiger partial charge is 0.341 e. The second kappa shape index (κ2) is 7.66. The van der Waals surface area contributed by atoms with Crippen molar-refractivity contribution < 1.29 is 9.59 Å². The molecule has 4 nitrogen and oxygen atoms in total. The minimum Gasteiger partial charge on any atom is -0.341 e. The number of anilines is 1. The second-order valence-corrected chi connectivity index (χ2v) is 5.67. The molecule has 5 heteroatoms. The number of amides is 2. The first-order valence-electron chi connectivity index (χ1n) is 6.91. The van der Waals surface area contributed by atoms with Crippen molar-refractivity contribution >= 4 is 29.3 Å². The molecule has 2 rings (SSSR count). The minimum absolute atomic E-state index is 0.225. The van der Waals surface area contributed by atoms with Gasteiger partial charge in [0.25, 0.3) is 0 Å². The Labute approximate surface area is 134 Å². The second-order valence-electron chi connectivity index (χ2n) is 4.79. The maximum Gasteiger partial charge on any atom is 0.313 e. The first-order chi connectivity index (χ1) is 10.6. The van der Waals surface area contributed by atoms with Crippen LogP contribution in [0.2, 0.25) is 0 Å². The summed E-state index contributed by atoms with van der Waals surface area (Å²) in [7, 11) is 0. The summed E-state index contributed by atoms with van der Waals surface area (Å²) >= 11 is 1.57. The molecule has 1 unspecified atom stereocenters. The van der Waals surface area contributed by atoms with E-state index in [1.54, 1.807) is 17.8 Å². The number of rotatable bonds is 4. The zero-order chi connectivity index (χ0) is 15.9. The van der Waals surface area contributed by atoms with Crippen LogP contribution in [-0.4, -0.2) is 18.1 Å². The highest BCUT2D eigenvalue weighted by Crippen LogP contribution is 2.19. The predicted octanol–water partition coefficient (Wildman–Crippen LogP) is 3.22. The summed E-state index contributed by atoms with van der Waals surface area (Å²) in [4.78, 5) is 24.9. The third-order valence-electron chi connectivity index (χ3n) is 3.18. The Bertz CT molecular complexity index is 659. The molecule has 0 aliphatic carbocycles. The lowest BCUT2D eigenvalue weighted by Crippen LogP contribution is -2.36. The van der Waals surface area contributed by atoms with E-state index in [-0.39, 0.29) is 6.04 Å². The molecule has 1 atom stereocenters. The van der Waals surface area contributed by atoms with Gasteiger partial charge in [-0.3, -0.25) is 9.59 Å². The summed E-state index contributed by atoms with van der Waals surface area (Å²) in [6.45, 7) is 1.84. The number of carbonyl (C=O) groups is 2. The van der Waals surface area contributed by atoms with Crippen molar-refractivity contribution in [2.45, 2.75) is 17.9 Å². The Morgan fingerprint density at radius 1 is 1.00 bits per heavy atom. The minimum atomic E-state index is -0.666. The highest BCUT2D eigenvalue weighted by Gasteiger charge is 2.17. The van der Waals surface area contributed by atoms with Gasteiger partial charge in [-0.25, -0.2) is 0 Å². The van der Waals surface area contributed by atoms with E-state index in [2.05, 4.69) is 10.6 Å². The first-order valence-corrected chi connectivity index (χ1v) is 8.13.